The minimum Gasteiger partial charge on any atom is -0.327 e. The standard InChI is InChI=1S/C13H17BrN2O/c1-8-4-10(14)6-11(5-8)16-13(17)7-12(15)9-2-3-9/h4-6,9,12H,2-3,7,15H2,1H3,(H,16,17). The summed E-state index contributed by atoms with van der Waals surface area (Å²) >= 11 is 3.41. The van der Waals surface area contributed by atoms with Crippen LogP contribution in [-0.4, -0.2) is 11.9 Å². The molecule has 17 heavy (non-hydrogen) atoms. The molecule has 0 bridgehead atoms. The summed E-state index contributed by atoms with van der Waals surface area (Å²) in [7, 11) is 0. The molecule has 4 heteroatoms. The third-order valence-electron chi connectivity index (χ3n) is 2.97. The summed E-state index contributed by atoms with van der Waals surface area (Å²) in [5.41, 5.74) is 7.86. The van der Waals surface area contributed by atoms with Crippen LogP contribution in [0.25, 0.3) is 0 Å². The largest absolute Gasteiger partial charge is 0.327 e. The zero-order valence-electron chi connectivity index (χ0n) is 9.87. The first kappa shape index (κ1) is 12.6. The lowest BCUT2D eigenvalue weighted by molar-refractivity contribution is -0.116. The summed E-state index contributed by atoms with van der Waals surface area (Å²) in [4.78, 5) is 11.8. The molecule has 0 saturated heterocycles. The topological polar surface area (TPSA) is 55.1 Å². The molecular weight excluding hydrogens is 280 g/mol. The van der Waals surface area contributed by atoms with Gasteiger partial charge in [0.2, 0.25) is 5.91 Å². The Morgan fingerprint density at radius 2 is 2.24 bits per heavy atom. The van der Waals surface area contributed by atoms with Crippen molar-refractivity contribution in [2.24, 2.45) is 11.7 Å². The minimum atomic E-state index is 0.00176. The summed E-state index contributed by atoms with van der Waals surface area (Å²) in [6, 6.07) is 5.87. The van der Waals surface area contributed by atoms with Gasteiger partial charge in [0.1, 0.15) is 0 Å². The van der Waals surface area contributed by atoms with Gasteiger partial charge in [-0.1, -0.05) is 15.9 Å². The van der Waals surface area contributed by atoms with E-state index in [9.17, 15) is 4.79 Å². The molecule has 3 nitrogen and oxygen atoms in total. The van der Waals surface area contributed by atoms with Crippen LogP contribution in [0.15, 0.2) is 22.7 Å². The molecule has 2 rings (SSSR count). The first-order valence-corrected chi connectivity index (χ1v) is 6.66. The highest BCUT2D eigenvalue weighted by Gasteiger charge is 2.29. The summed E-state index contributed by atoms with van der Waals surface area (Å²) in [6.45, 7) is 2.00. The number of aryl methyl sites for hydroxylation is 1. The van der Waals surface area contributed by atoms with E-state index >= 15 is 0 Å². The SMILES string of the molecule is Cc1cc(Br)cc(NC(=O)CC(N)C2CC2)c1. The maximum Gasteiger partial charge on any atom is 0.225 e. The van der Waals surface area contributed by atoms with E-state index < -0.39 is 0 Å². The van der Waals surface area contributed by atoms with Gasteiger partial charge in [-0.25, -0.2) is 0 Å². The fourth-order valence-corrected chi connectivity index (χ4v) is 2.53. The zero-order chi connectivity index (χ0) is 12.4. The first-order chi connectivity index (χ1) is 8.04. The van der Waals surface area contributed by atoms with E-state index in [1.54, 1.807) is 0 Å². The van der Waals surface area contributed by atoms with E-state index in [0.29, 0.717) is 12.3 Å². The van der Waals surface area contributed by atoms with Gasteiger partial charge in [-0.05, 0) is 49.4 Å². The number of carbonyl (C=O) groups is 1. The zero-order valence-corrected chi connectivity index (χ0v) is 11.5. The second kappa shape index (κ2) is 5.19. The number of hydrogen-bond acceptors (Lipinski definition) is 2. The van der Waals surface area contributed by atoms with Crippen LogP contribution < -0.4 is 11.1 Å². The number of hydrogen-bond donors (Lipinski definition) is 2. The van der Waals surface area contributed by atoms with Crippen molar-refractivity contribution < 1.29 is 4.79 Å². The van der Waals surface area contributed by atoms with E-state index in [1.165, 1.54) is 12.8 Å². The van der Waals surface area contributed by atoms with Gasteiger partial charge in [-0.3, -0.25) is 4.79 Å². The van der Waals surface area contributed by atoms with E-state index in [2.05, 4.69) is 21.2 Å². The van der Waals surface area contributed by atoms with Gasteiger partial charge in [0, 0.05) is 22.6 Å². The molecule has 1 atom stereocenters. The van der Waals surface area contributed by atoms with Crippen LogP contribution in [-0.2, 0) is 4.79 Å². The van der Waals surface area contributed by atoms with Crippen molar-refractivity contribution in [3.05, 3.63) is 28.2 Å². The number of nitrogens with one attached hydrogen (secondary N) is 1. The minimum absolute atomic E-state index is 0.00176. The van der Waals surface area contributed by atoms with Crippen molar-refractivity contribution in [2.45, 2.75) is 32.2 Å². The van der Waals surface area contributed by atoms with E-state index in [4.69, 9.17) is 5.73 Å². The van der Waals surface area contributed by atoms with Crippen molar-refractivity contribution in [3.63, 3.8) is 0 Å². The molecule has 1 aromatic carbocycles. The molecule has 0 heterocycles. The number of rotatable bonds is 4. The number of carbonyl (C=O) groups excluding carboxylic acids is 1. The van der Waals surface area contributed by atoms with E-state index in [0.717, 1.165) is 15.7 Å². The Hall–Kier alpha value is -0.870. The van der Waals surface area contributed by atoms with Crippen molar-refractivity contribution in [1.82, 2.24) is 0 Å². The molecule has 0 aromatic heterocycles. The molecule has 1 aliphatic rings. The number of nitrogens with two attached hydrogens (primary N) is 1. The highest BCUT2D eigenvalue weighted by Crippen LogP contribution is 2.32. The molecule has 1 amide bonds. The molecule has 1 fully saturated rings. The molecule has 1 aliphatic carbocycles. The molecule has 0 spiro atoms. The highest BCUT2D eigenvalue weighted by atomic mass is 79.9. The third-order valence-corrected chi connectivity index (χ3v) is 3.43. The van der Waals surface area contributed by atoms with Crippen molar-refractivity contribution in [3.8, 4) is 0 Å². The van der Waals surface area contributed by atoms with Crippen LogP contribution >= 0.6 is 15.9 Å². The van der Waals surface area contributed by atoms with Gasteiger partial charge in [0.15, 0.2) is 0 Å². The van der Waals surface area contributed by atoms with Crippen LogP contribution in [0.4, 0.5) is 5.69 Å². The lowest BCUT2D eigenvalue weighted by atomic mass is 10.1. The quantitative estimate of drug-likeness (QED) is 0.898. The fraction of sp³-hybridized carbons (Fsp3) is 0.462. The average molecular weight is 297 g/mol. The Kier molecular flexibility index (Phi) is 3.84. The summed E-state index contributed by atoms with van der Waals surface area (Å²) in [5, 5.41) is 2.89. The van der Waals surface area contributed by atoms with Gasteiger partial charge in [0.05, 0.1) is 0 Å². The van der Waals surface area contributed by atoms with E-state index in [1.807, 2.05) is 25.1 Å². The maximum atomic E-state index is 11.8. The molecule has 3 N–H and O–H groups in total. The molecule has 1 aromatic rings. The molecule has 1 unspecified atom stereocenters. The average Bonchev–Trinajstić information content (AvgIpc) is 2.97. The third kappa shape index (κ3) is 3.82. The van der Waals surface area contributed by atoms with Gasteiger partial charge in [-0.15, -0.1) is 0 Å². The monoisotopic (exact) mass is 296 g/mol. The summed E-state index contributed by atoms with van der Waals surface area (Å²) in [6.07, 6.45) is 2.76. The lowest BCUT2D eigenvalue weighted by Gasteiger charge is -2.11. The first-order valence-electron chi connectivity index (χ1n) is 5.87. The smallest absolute Gasteiger partial charge is 0.225 e. The van der Waals surface area contributed by atoms with Crippen molar-refractivity contribution in [2.75, 3.05) is 5.32 Å². The molecule has 92 valence electrons. The predicted molar refractivity (Wildman–Crippen MR) is 72.8 cm³/mol. The molecule has 0 aliphatic heterocycles. The summed E-state index contributed by atoms with van der Waals surface area (Å²) in [5.74, 6) is 0.562. The van der Waals surface area contributed by atoms with Crippen molar-refractivity contribution in [1.29, 1.82) is 0 Å². The van der Waals surface area contributed by atoms with Crippen LogP contribution in [0, 0.1) is 12.8 Å². The Bertz CT molecular complexity index is 409. The van der Waals surface area contributed by atoms with Crippen LogP contribution in [0.2, 0.25) is 0 Å². The van der Waals surface area contributed by atoms with Crippen LogP contribution in [0.3, 0.4) is 0 Å². The van der Waals surface area contributed by atoms with Gasteiger partial charge >= 0.3 is 0 Å². The number of amides is 1. The Balaban J connectivity index is 1.92. The van der Waals surface area contributed by atoms with Gasteiger partial charge < -0.3 is 11.1 Å². The summed E-state index contributed by atoms with van der Waals surface area (Å²) < 4.78 is 0.972. The van der Waals surface area contributed by atoms with Crippen molar-refractivity contribution >= 4 is 27.5 Å². The second-order valence-electron chi connectivity index (χ2n) is 4.77. The Morgan fingerprint density at radius 1 is 1.53 bits per heavy atom. The predicted octanol–water partition coefficient (Wildman–Crippen LogP) is 2.82. The lowest BCUT2D eigenvalue weighted by Crippen LogP contribution is -2.28. The van der Waals surface area contributed by atoms with Gasteiger partial charge in [0.25, 0.3) is 0 Å². The number of anilines is 1. The normalized spacial score (nSPS) is 16.6. The Labute approximate surface area is 110 Å². The van der Waals surface area contributed by atoms with Crippen LogP contribution in [0.5, 0.6) is 0 Å². The molecule has 1 saturated carbocycles. The molecule has 0 radical (unpaired) electrons. The van der Waals surface area contributed by atoms with Crippen LogP contribution in [0.1, 0.15) is 24.8 Å². The second-order valence-corrected chi connectivity index (χ2v) is 5.69. The van der Waals surface area contributed by atoms with E-state index in [-0.39, 0.29) is 11.9 Å². The highest BCUT2D eigenvalue weighted by molar-refractivity contribution is 9.10. The maximum absolute atomic E-state index is 11.8. The Morgan fingerprint density at radius 3 is 2.82 bits per heavy atom. The number of benzene rings is 1. The fourth-order valence-electron chi connectivity index (χ4n) is 1.93. The number of halogens is 1. The molecular formula is C13H17BrN2O. The van der Waals surface area contributed by atoms with Gasteiger partial charge in [-0.2, -0.15) is 0 Å².